The zero-order valence-electron chi connectivity index (χ0n) is 7.40. The van der Waals surface area contributed by atoms with E-state index in [2.05, 4.69) is 9.72 Å². The van der Waals surface area contributed by atoms with E-state index in [0.29, 0.717) is 16.1 Å². The number of imidazole rings is 1. The van der Waals surface area contributed by atoms with E-state index >= 15 is 0 Å². The summed E-state index contributed by atoms with van der Waals surface area (Å²) in [5.74, 6) is -0.446. The van der Waals surface area contributed by atoms with E-state index in [1.165, 1.54) is 7.11 Å². The molecule has 5 heteroatoms. The second-order valence-electron chi connectivity index (χ2n) is 2.72. The van der Waals surface area contributed by atoms with Gasteiger partial charge in [-0.05, 0) is 6.07 Å². The Hall–Kier alpha value is -1.55. The summed E-state index contributed by atoms with van der Waals surface area (Å²) in [7, 11) is 1.32. The number of fused-ring (bicyclic) bond motifs is 1. The quantitative estimate of drug-likeness (QED) is 0.674. The van der Waals surface area contributed by atoms with Crippen LogP contribution in [0.4, 0.5) is 0 Å². The summed E-state index contributed by atoms with van der Waals surface area (Å²) in [6.45, 7) is 0. The van der Waals surface area contributed by atoms with Gasteiger partial charge in [-0.25, -0.2) is 9.78 Å². The van der Waals surface area contributed by atoms with Gasteiger partial charge in [0.1, 0.15) is 0 Å². The summed E-state index contributed by atoms with van der Waals surface area (Å²) in [5, 5.41) is 0.358. The SMILES string of the molecule is COC(=O)c1ccn2cncc2c1Cl. The molecule has 4 nitrogen and oxygen atoms in total. The number of hydrogen-bond acceptors (Lipinski definition) is 3. The fraction of sp³-hybridized carbons (Fsp3) is 0.111. The van der Waals surface area contributed by atoms with Crippen LogP contribution in [0.15, 0.2) is 24.8 Å². The fourth-order valence-corrected chi connectivity index (χ4v) is 1.51. The molecule has 0 N–H and O–H groups in total. The molecule has 14 heavy (non-hydrogen) atoms. The van der Waals surface area contributed by atoms with Crippen molar-refractivity contribution in [2.45, 2.75) is 0 Å². The second-order valence-corrected chi connectivity index (χ2v) is 3.10. The highest BCUT2D eigenvalue weighted by molar-refractivity contribution is 6.36. The largest absolute Gasteiger partial charge is 0.465 e. The Labute approximate surface area is 85.1 Å². The molecule has 2 aromatic rings. The molecule has 0 bridgehead atoms. The van der Waals surface area contributed by atoms with Crippen LogP contribution in [0.5, 0.6) is 0 Å². The summed E-state index contributed by atoms with van der Waals surface area (Å²) >= 11 is 5.99. The minimum Gasteiger partial charge on any atom is -0.465 e. The Kier molecular flexibility index (Phi) is 2.13. The molecule has 0 aliphatic rings. The number of methoxy groups -OCH3 is 1. The van der Waals surface area contributed by atoms with Crippen LogP contribution in [0.2, 0.25) is 5.02 Å². The van der Waals surface area contributed by atoms with Crippen molar-refractivity contribution in [3.8, 4) is 0 Å². The monoisotopic (exact) mass is 210 g/mol. The summed E-state index contributed by atoms with van der Waals surface area (Å²) in [6, 6.07) is 1.60. The smallest absolute Gasteiger partial charge is 0.339 e. The number of esters is 1. The summed E-state index contributed by atoms with van der Waals surface area (Å²) in [4.78, 5) is 15.2. The predicted octanol–water partition coefficient (Wildman–Crippen LogP) is 1.77. The maximum absolute atomic E-state index is 11.3. The molecule has 2 aromatic heterocycles. The van der Waals surface area contributed by atoms with Gasteiger partial charge < -0.3 is 9.14 Å². The van der Waals surface area contributed by atoms with Crippen molar-refractivity contribution in [1.29, 1.82) is 0 Å². The molecule has 0 amide bonds. The first-order valence-electron chi connectivity index (χ1n) is 3.92. The molecule has 0 aliphatic carbocycles. The number of halogens is 1. The Morgan fingerprint density at radius 3 is 3.14 bits per heavy atom. The molecular weight excluding hydrogens is 204 g/mol. The lowest BCUT2D eigenvalue weighted by Crippen LogP contribution is -2.03. The molecule has 0 atom stereocenters. The molecular formula is C9H7ClN2O2. The maximum Gasteiger partial charge on any atom is 0.339 e. The first kappa shape index (κ1) is 9.02. The van der Waals surface area contributed by atoms with Crippen LogP contribution in [0, 0.1) is 0 Å². The number of nitrogens with zero attached hydrogens (tertiary/aromatic N) is 2. The average molecular weight is 211 g/mol. The van der Waals surface area contributed by atoms with E-state index in [4.69, 9.17) is 11.6 Å². The Balaban J connectivity index is 2.67. The van der Waals surface area contributed by atoms with Crippen molar-refractivity contribution in [3.05, 3.63) is 35.4 Å². The maximum atomic E-state index is 11.3. The Bertz CT molecular complexity index is 493. The molecule has 0 saturated carbocycles. The van der Waals surface area contributed by atoms with E-state index in [-0.39, 0.29) is 0 Å². The standard InChI is InChI=1S/C9H7ClN2O2/c1-14-9(13)6-2-3-12-5-11-4-7(12)8(6)10/h2-5H,1H3. The highest BCUT2D eigenvalue weighted by Crippen LogP contribution is 2.22. The zero-order valence-corrected chi connectivity index (χ0v) is 8.15. The average Bonchev–Trinajstić information content (AvgIpc) is 2.66. The molecule has 2 rings (SSSR count). The number of pyridine rings is 1. The van der Waals surface area contributed by atoms with Gasteiger partial charge in [-0.2, -0.15) is 0 Å². The second kappa shape index (κ2) is 3.31. The van der Waals surface area contributed by atoms with Gasteiger partial charge in [-0.3, -0.25) is 0 Å². The van der Waals surface area contributed by atoms with E-state index < -0.39 is 5.97 Å². The zero-order chi connectivity index (χ0) is 10.1. The molecule has 2 heterocycles. The van der Waals surface area contributed by atoms with E-state index in [1.807, 2.05) is 0 Å². The van der Waals surface area contributed by atoms with Gasteiger partial charge >= 0.3 is 5.97 Å². The third-order valence-corrected chi connectivity index (χ3v) is 2.33. The van der Waals surface area contributed by atoms with Crippen LogP contribution < -0.4 is 0 Å². The van der Waals surface area contributed by atoms with E-state index in [0.717, 1.165) is 0 Å². The van der Waals surface area contributed by atoms with Crippen molar-refractivity contribution < 1.29 is 9.53 Å². The molecule has 72 valence electrons. The lowest BCUT2D eigenvalue weighted by atomic mass is 10.2. The molecule has 0 radical (unpaired) electrons. The lowest BCUT2D eigenvalue weighted by molar-refractivity contribution is 0.0601. The molecule has 0 fully saturated rings. The van der Waals surface area contributed by atoms with Gasteiger partial charge in [0.2, 0.25) is 0 Å². The van der Waals surface area contributed by atoms with Crippen LogP contribution in [0.1, 0.15) is 10.4 Å². The summed E-state index contributed by atoms with van der Waals surface area (Å²) in [5.41, 5.74) is 1.04. The van der Waals surface area contributed by atoms with Crippen LogP contribution in [0.25, 0.3) is 5.52 Å². The number of ether oxygens (including phenoxy) is 1. The third-order valence-electron chi connectivity index (χ3n) is 1.93. The Morgan fingerprint density at radius 1 is 1.64 bits per heavy atom. The van der Waals surface area contributed by atoms with E-state index in [9.17, 15) is 4.79 Å². The first-order valence-corrected chi connectivity index (χ1v) is 4.30. The van der Waals surface area contributed by atoms with Gasteiger partial charge in [0, 0.05) is 6.20 Å². The first-order chi connectivity index (χ1) is 6.74. The van der Waals surface area contributed by atoms with Crippen molar-refractivity contribution in [2.75, 3.05) is 7.11 Å². The third kappa shape index (κ3) is 1.24. The van der Waals surface area contributed by atoms with Crippen LogP contribution in [-0.4, -0.2) is 22.5 Å². The molecule has 0 unspecified atom stereocenters. The summed E-state index contributed by atoms with van der Waals surface area (Å²) < 4.78 is 6.32. The highest BCUT2D eigenvalue weighted by Gasteiger charge is 2.13. The van der Waals surface area contributed by atoms with E-state index in [1.54, 1.807) is 29.2 Å². The Morgan fingerprint density at radius 2 is 2.43 bits per heavy atom. The van der Waals surface area contributed by atoms with Crippen molar-refractivity contribution in [1.82, 2.24) is 9.38 Å². The highest BCUT2D eigenvalue weighted by atomic mass is 35.5. The molecule has 0 aliphatic heterocycles. The fourth-order valence-electron chi connectivity index (χ4n) is 1.23. The number of hydrogen-bond donors (Lipinski definition) is 0. The topological polar surface area (TPSA) is 43.6 Å². The minimum absolute atomic E-state index is 0.349. The lowest BCUT2D eigenvalue weighted by Gasteiger charge is -2.03. The molecule has 0 aromatic carbocycles. The van der Waals surface area contributed by atoms with Gasteiger partial charge in [0.15, 0.2) is 0 Å². The minimum atomic E-state index is -0.446. The van der Waals surface area contributed by atoms with Gasteiger partial charge in [0.05, 0.1) is 35.7 Å². The van der Waals surface area contributed by atoms with Gasteiger partial charge in [-0.1, -0.05) is 11.6 Å². The number of carbonyl (C=O) groups excluding carboxylic acids is 1. The van der Waals surface area contributed by atoms with Crippen molar-refractivity contribution in [2.24, 2.45) is 0 Å². The van der Waals surface area contributed by atoms with Gasteiger partial charge in [-0.15, -0.1) is 0 Å². The van der Waals surface area contributed by atoms with Crippen LogP contribution in [0.3, 0.4) is 0 Å². The normalized spacial score (nSPS) is 10.4. The number of rotatable bonds is 1. The molecule has 0 spiro atoms. The number of aromatic nitrogens is 2. The van der Waals surface area contributed by atoms with Crippen molar-refractivity contribution >= 4 is 23.1 Å². The summed E-state index contributed by atoms with van der Waals surface area (Å²) in [6.07, 6.45) is 4.91. The van der Waals surface area contributed by atoms with Crippen LogP contribution in [-0.2, 0) is 4.74 Å². The van der Waals surface area contributed by atoms with Gasteiger partial charge in [0.25, 0.3) is 0 Å². The van der Waals surface area contributed by atoms with Crippen molar-refractivity contribution in [3.63, 3.8) is 0 Å². The number of carbonyl (C=O) groups is 1. The molecule has 0 saturated heterocycles. The predicted molar refractivity (Wildman–Crippen MR) is 51.5 cm³/mol. The van der Waals surface area contributed by atoms with Crippen LogP contribution >= 0.6 is 11.6 Å².